The van der Waals surface area contributed by atoms with Gasteiger partial charge in [-0.25, -0.2) is 0 Å². The molecule has 88 valence electrons. The lowest BCUT2D eigenvalue weighted by Crippen LogP contribution is -2.20. The van der Waals surface area contributed by atoms with E-state index >= 15 is 0 Å². The van der Waals surface area contributed by atoms with Crippen LogP contribution in [-0.4, -0.2) is 21.5 Å². The van der Waals surface area contributed by atoms with Crippen LogP contribution in [0.3, 0.4) is 0 Å². The largest absolute Gasteiger partial charge is 0.399 e. The van der Waals surface area contributed by atoms with Crippen LogP contribution in [0.25, 0.3) is 0 Å². The number of hydrogen-bond donors (Lipinski definition) is 1. The molecule has 0 amide bonds. The van der Waals surface area contributed by atoms with Crippen LogP contribution in [0.15, 0.2) is 24.4 Å². The van der Waals surface area contributed by atoms with Gasteiger partial charge in [0.1, 0.15) is 5.69 Å². The van der Waals surface area contributed by atoms with Crippen molar-refractivity contribution in [2.24, 2.45) is 7.05 Å². The number of nitrogens with zero attached hydrogens (tertiary/aromatic N) is 4. The topological polar surface area (TPSA) is 60.0 Å². The number of rotatable bonds is 2. The van der Waals surface area contributed by atoms with Crippen LogP contribution in [0.5, 0.6) is 0 Å². The molecule has 0 saturated carbocycles. The van der Waals surface area contributed by atoms with Gasteiger partial charge in [0, 0.05) is 31.2 Å². The van der Waals surface area contributed by atoms with Crippen LogP contribution in [0.1, 0.15) is 11.3 Å². The van der Waals surface area contributed by atoms with E-state index in [2.05, 4.69) is 21.3 Å². The molecule has 0 atom stereocenters. The third-order valence-electron chi connectivity index (χ3n) is 3.10. The van der Waals surface area contributed by atoms with Gasteiger partial charge in [-0.3, -0.25) is 4.68 Å². The number of nitrogen functional groups attached to an aromatic ring is 1. The van der Waals surface area contributed by atoms with Crippen LogP contribution in [0, 0.1) is 0 Å². The van der Waals surface area contributed by atoms with Crippen molar-refractivity contribution < 1.29 is 0 Å². The minimum Gasteiger partial charge on any atom is -0.399 e. The SMILES string of the molecule is Cn1cc(CN2CCc3ccc(N)cc32)nn1. The molecule has 0 saturated heterocycles. The summed E-state index contributed by atoms with van der Waals surface area (Å²) in [5.74, 6) is 0. The quantitative estimate of drug-likeness (QED) is 0.779. The molecule has 1 aromatic heterocycles. The number of aryl methyl sites for hydroxylation is 1. The van der Waals surface area contributed by atoms with E-state index in [-0.39, 0.29) is 0 Å². The highest BCUT2D eigenvalue weighted by Gasteiger charge is 2.19. The van der Waals surface area contributed by atoms with Gasteiger partial charge in [-0.2, -0.15) is 0 Å². The highest BCUT2D eigenvalue weighted by Crippen LogP contribution is 2.30. The van der Waals surface area contributed by atoms with Crippen molar-refractivity contribution in [1.29, 1.82) is 0 Å². The van der Waals surface area contributed by atoms with Gasteiger partial charge >= 0.3 is 0 Å². The normalized spacial score (nSPS) is 14.1. The Labute approximate surface area is 99.8 Å². The molecule has 5 heteroatoms. The Morgan fingerprint density at radius 2 is 2.29 bits per heavy atom. The summed E-state index contributed by atoms with van der Waals surface area (Å²) in [6.07, 6.45) is 3.03. The first-order valence-electron chi connectivity index (χ1n) is 5.71. The highest BCUT2D eigenvalue weighted by atomic mass is 15.4. The molecular weight excluding hydrogens is 214 g/mol. The van der Waals surface area contributed by atoms with Crippen LogP contribution in [-0.2, 0) is 20.0 Å². The third kappa shape index (κ3) is 1.84. The summed E-state index contributed by atoms with van der Waals surface area (Å²) in [6, 6.07) is 6.12. The molecule has 1 aliphatic heterocycles. The fourth-order valence-corrected chi connectivity index (χ4v) is 2.29. The van der Waals surface area contributed by atoms with E-state index < -0.39 is 0 Å². The molecule has 0 aliphatic carbocycles. The van der Waals surface area contributed by atoms with Crippen molar-refractivity contribution >= 4 is 11.4 Å². The molecule has 2 heterocycles. The third-order valence-corrected chi connectivity index (χ3v) is 3.10. The Morgan fingerprint density at radius 1 is 1.41 bits per heavy atom. The summed E-state index contributed by atoms with van der Waals surface area (Å²) in [7, 11) is 1.88. The van der Waals surface area contributed by atoms with Crippen molar-refractivity contribution in [3.05, 3.63) is 35.7 Å². The molecule has 2 aromatic rings. The molecule has 1 aromatic carbocycles. The molecule has 0 spiro atoms. The van der Waals surface area contributed by atoms with Gasteiger partial charge in [0.2, 0.25) is 0 Å². The second kappa shape index (κ2) is 3.76. The summed E-state index contributed by atoms with van der Waals surface area (Å²) in [6.45, 7) is 1.82. The maximum atomic E-state index is 5.83. The fraction of sp³-hybridized carbons (Fsp3) is 0.333. The number of anilines is 2. The van der Waals surface area contributed by atoms with Crippen molar-refractivity contribution in [3.8, 4) is 0 Å². The molecule has 0 fully saturated rings. The first kappa shape index (κ1) is 10.1. The second-order valence-electron chi connectivity index (χ2n) is 4.44. The summed E-state index contributed by atoms with van der Waals surface area (Å²) < 4.78 is 1.73. The van der Waals surface area contributed by atoms with Gasteiger partial charge in [-0.05, 0) is 24.1 Å². The summed E-state index contributed by atoms with van der Waals surface area (Å²) in [5.41, 5.74) is 10.2. The molecule has 5 nitrogen and oxygen atoms in total. The molecular formula is C12H15N5. The smallest absolute Gasteiger partial charge is 0.102 e. The Hall–Kier alpha value is -2.04. The fourth-order valence-electron chi connectivity index (χ4n) is 2.29. The van der Waals surface area contributed by atoms with E-state index in [0.29, 0.717) is 0 Å². The van der Waals surface area contributed by atoms with Crippen LogP contribution < -0.4 is 10.6 Å². The number of aromatic nitrogens is 3. The average molecular weight is 229 g/mol. The Kier molecular flexibility index (Phi) is 2.24. The molecule has 3 rings (SSSR count). The van der Waals surface area contributed by atoms with Gasteiger partial charge in [0.25, 0.3) is 0 Å². The van der Waals surface area contributed by atoms with Gasteiger partial charge in [-0.1, -0.05) is 11.3 Å². The van der Waals surface area contributed by atoms with Gasteiger partial charge in [0.05, 0.1) is 6.54 Å². The van der Waals surface area contributed by atoms with E-state index in [9.17, 15) is 0 Å². The molecule has 2 N–H and O–H groups in total. The maximum absolute atomic E-state index is 5.83. The maximum Gasteiger partial charge on any atom is 0.102 e. The molecule has 0 radical (unpaired) electrons. The van der Waals surface area contributed by atoms with E-state index in [1.807, 2.05) is 25.4 Å². The lowest BCUT2D eigenvalue weighted by Gasteiger charge is -2.17. The van der Waals surface area contributed by atoms with E-state index in [4.69, 9.17) is 5.73 Å². The number of nitrogens with two attached hydrogens (primary N) is 1. The zero-order chi connectivity index (χ0) is 11.8. The van der Waals surface area contributed by atoms with E-state index in [1.165, 1.54) is 11.3 Å². The average Bonchev–Trinajstić information content (AvgIpc) is 2.87. The van der Waals surface area contributed by atoms with Crippen molar-refractivity contribution in [3.63, 3.8) is 0 Å². The van der Waals surface area contributed by atoms with E-state index in [1.54, 1.807) is 4.68 Å². The number of fused-ring (bicyclic) bond motifs is 1. The molecule has 1 aliphatic rings. The van der Waals surface area contributed by atoms with Crippen LogP contribution in [0.4, 0.5) is 11.4 Å². The molecule has 0 unspecified atom stereocenters. The Bertz CT molecular complexity index is 546. The summed E-state index contributed by atoms with van der Waals surface area (Å²) in [4.78, 5) is 2.30. The first-order valence-corrected chi connectivity index (χ1v) is 5.71. The Balaban J connectivity index is 1.86. The van der Waals surface area contributed by atoms with Crippen molar-refractivity contribution in [1.82, 2.24) is 15.0 Å². The van der Waals surface area contributed by atoms with Crippen LogP contribution >= 0.6 is 0 Å². The van der Waals surface area contributed by atoms with Crippen molar-refractivity contribution in [2.75, 3.05) is 17.2 Å². The van der Waals surface area contributed by atoms with Crippen molar-refractivity contribution in [2.45, 2.75) is 13.0 Å². The minimum absolute atomic E-state index is 0.796. The second-order valence-corrected chi connectivity index (χ2v) is 4.44. The lowest BCUT2D eigenvalue weighted by atomic mass is 10.1. The van der Waals surface area contributed by atoms with Crippen LogP contribution in [0.2, 0.25) is 0 Å². The zero-order valence-corrected chi connectivity index (χ0v) is 9.80. The van der Waals surface area contributed by atoms with Gasteiger partial charge in [-0.15, -0.1) is 5.10 Å². The van der Waals surface area contributed by atoms with E-state index in [0.717, 1.165) is 30.9 Å². The predicted molar refractivity (Wildman–Crippen MR) is 66.6 cm³/mol. The Morgan fingerprint density at radius 3 is 3.06 bits per heavy atom. The van der Waals surface area contributed by atoms with Gasteiger partial charge < -0.3 is 10.6 Å². The standard InChI is InChI=1S/C12H15N5/c1-16-7-11(14-15-16)8-17-5-4-9-2-3-10(13)6-12(9)17/h2-3,6-7H,4-5,8,13H2,1H3. The summed E-state index contributed by atoms with van der Waals surface area (Å²) in [5, 5.41) is 8.06. The van der Waals surface area contributed by atoms with Gasteiger partial charge in [0.15, 0.2) is 0 Å². The number of benzene rings is 1. The monoisotopic (exact) mass is 229 g/mol. The predicted octanol–water partition coefficient (Wildman–Crippen LogP) is 0.960. The number of hydrogen-bond acceptors (Lipinski definition) is 4. The first-order chi connectivity index (χ1) is 8.22. The minimum atomic E-state index is 0.796. The summed E-state index contributed by atoms with van der Waals surface area (Å²) >= 11 is 0. The zero-order valence-electron chi connectivity index (χ0n) is 9.80. The molecule has 0 bridgehead atoms. The molecule has 17 heavy (non-hydrogen) atoms. The lowest BCUT2D eigenvalue weighted by molar-refractivity contribution is 0.712. The highest BCUT2D eigenvalue weighted by molar-refractivity contribution is 5.64.